The van der Waals surface area contributed by atoms with Crippen LogP contribution in [0.5, 0.6) is 5.75 Å². The highest BCUT2D eigenvalue weighted by molar-refractivity contribution is 9.10. The lowest BCUT2D eigenvalue weighted by Gasteiger charge is -2.13. The summed E-state index contributed by atoms with van der Waals surface area (Å²) in [5.74, 6) is -0.712. The van der Waals surface area contributed by atoms with Crippen molar-refractivity contribution in [2.24, 2.45) is 0 Å². The van der Waals surface area contributed by atoms with Gasteiger partial charge in [-0.05, 0) is 38.4 Å². The number of halogens is 1. The van der Waals surface area contributed by atoms with Gasteiger partial charge in [-0.15, -0.1) is 0 Å². The zero-order chi connectivity index (χ0) is 15.1. The second-order valence-corrected chi connectivity index (χ2v) is 5.22. The Morgan fingerprint density at radius 1 is 1.55 bits per heavy atom. The summed E-state index contributed by atoms with van der Waals surface area (Å²) in [7, 11) is 3.87. The van der Waals surface area contributed by atoms with Crippen molar-refractivity contribution in [3.63, 3.8) is 0 Å². The molecule has 1 N–H and O–H groups in total. The number of rotatable bonds is 6. The van der Waals surface area contributed by atoms with Crippen LogP contribution in [-0.4, -0.2) is 43.2 Å². The van der Waals surface area contributed by atoms with Gasteiger partial charge in [0.25, 0.3) is 0 Å². The van der Waals surface area contributed by atoms with Gasteiger partial charge >= 0.3 is 5.97 Å². The molecule has 0 spiro atoms. The summed E-state index contributed by atoms with van der Waals surface area (Å²) in [4.78, 5) is 12.9. The van der Waals surface area contributed by atoms with Crippen LogP contribution >= 0.6 is 15.9 Å². The summed E-state index contributed by atoms with van der Waals surface area (Å²) in [5.41, 5.74) is 0.220. The van der Waals surface area contributed by atoms with Crippen molar-refractivity contribution in [1.82, 2.24) is 4.90 Å². The SMILES string of the molecule is CN(C)CCOc1ccc(Br)cc1C=C(C#N)C(=O)O. The lowest BCUT2D eigenvalue weighted by Crippen LogP contribution is -2.19. The normalized spacial score (nSPS) is 11.2. The fourth-order valence-corrected chi connectivity index (χ4v) is 1.78. The van der Waals surface area contributed by atoms with Crippen LogP contribution in [0.1, 0.15) is 5.56 Å². The molecule has 1 aromatic rings. The molecule has 1 aromatic carbocycles. The van der Waals surface area contributed by atoms with Gasteiger partial charge in [0.05, 0.1) is 0 Å². The maximum absolute atomic E-state index is 10.9. The van der Waals surface area contributed by atoms with E-state index in [2.05, 4.69) is 15.9 Å². The molecule has 20 heavy (non-hydrogen) atoms. The highest BCUT2D eigenvalue weighted by Crippen LogP contribution is 2.25. The van der Waals surface area contributed by atoms with Crippen molar-refractivity contribution in [3.05, 3.63) is 33.8 Å². The van der Waals surface area contributed by atoms with Gasteiger partial charge in [-0.25, -0.2) is 4.79 Å². The van der Waals surface area contributed by atoms with Gasteiger partial charge in [0.2, 0.25) is 0 Å². The minimum Gasteiger partial charge on any atom is -0.492 e. The van der Waals surface area contributed by atoms with Crippen LogP contribution in [0.3, 0.4) is 0 Å². The molecule has 5 nitrogen and oxygen atoms in total. The third-order valence-electron chi connectivity index (χ3n) is 2.42. The Labute approximate surface area is 126 Å². The smallest absolute Gasteiger partial charge is 0.346 e. The Hall–Kier alpha value is -1.84. The van der Waals surface area contributed by atoms with Crippen LogP contribution < -0.4 is 4.74 Å². The maximum atomic E-state index is 10.9. The van der Waals surface area contributed by atoms with Crippen molar-refractivity contribution in [2.75, 3.05) is 27.2 Å². The first kappa shape index (κ1) is 16.2. The highest BCUT2D eigenvalue weighted by atomic mass is 79.9. The molecular weight excluding hydrogens is 324 g/mol. The van der Waals surface area contributed by atoms with Gasteiger partial charge in [0.15, 0.2) is 0 Å². The number of hydrogen-bond donors (Lipinski definition) is 1. The van der Waals surface area contributed by atoms with Crippen LogP contribution in [0.2, 0.25) is 0 Å². The fraction of sp³-hybridized carbons (Fsp3) is 0.286. The third kappa shape index (κ3) is 5.03. The first-order chi connectivity index (χ1) is 9.43. The second kappa shape index (κ2) is 7.68. The Bertz CT molecular complexity index is 562. The summed E-state index contributed by atoms with van der Waals surface area (Å²) in [5, 5.41) is 17.7. The average Bonchev–Trinajstić information content (AvgIpc) is 2.37. The zero-order valence-corrected chi connectivity index (χ0v) is 12.8. The van der Waals surface area contributed by atoms with Gasteiger partial charge < -0.3 is 14.7 Å². The first-order valence-corrected chi connectivity index (χ1v) is 6.65. The molecule has 0 bridgehead atoms. The topological polar surface area (TPSA) is 73.6 Å². The number of hydrogen-bond acceptors (Lipinski definition) is 4. The maximum Gasteiger partial charge on any atom is 0.346 e. The number of nitrogens with zero attached hydrogens (tertiary/aromatic N) is 2. The molecule has 106 valence electrons. The summed E-state index contributed by atoms with van der Waals surface area (Å²) >= 11 is 3.31. The van der Waals surface area contributed by atoms with Crippen molar-refractivity contribution >= 4 is 28.0 Å². The van der Waals surface area contributed by atoms with Crippen molar-refractivity contribution in [1.29, 1.82) is 5.26 Å². The van der Waals surface area contributed by atoms with E-state index in [1.54, 1.807) is 24.3 Å². The van der Waals surface area contributed by atoms with Crippen LogP contribution in [0.15, 0.2) is 28.2 Å². The number of carboxylic acid groups (broad SMARTS) is 1. The Kier molecular flexibility index (Phi) is 6.22. The number of aliphatic carboxylic acids is 1. The van der Waals surface area contributed by atoms with E-state index >= 15 is 0 Å². The molecule has 0 heterocycles. The summed E-state index contributed by atoms with van der Waals surface area (Å²) in [6, 6.07) is 6.91. The summed E-state index contributed by atoms with van der Waals surface area (Å²) < 4.78 is 6.40. The van der Waals surface area contributed by atoms with E-state index in [4.69, 9.17) is 15.1 Å². The van der Waals surface area contributed by atoms with E-state index in [0.717, 1.165) is 11.0 Å². The van der Waals surface area contributed by atoms with Gasteiger partial charge in [-0.1, -0.05) is 15.9 Å². The Morgan fingerprint density at radius 2 is 2.25 bits per heavy atom. The average molecular weight is 339 g/mol. The fourth-order valence-electron chi connectivity index (χ4n) is 1.40. The van der Waals surface area contributed by atoms with Crippen LogP contribution in [0.25, 0.3) is 6.08 Å². The van der Waals surface area contributed by atoms with E-state index < -0.39 is 5.97 Å². The van der Waals surface area contributed by atoms with E-state index in [-0.39, 0.29) is 5.57 Å². The molecule has 1 rings (SSSR count). The number of carboxylic acids is 1. The van der Waals surface area contributed by atoms with Gasteiger partial charge in [-0.3, -0.25) is 0 Å². The van der Waals surface area contributed by atoms with Crippen LogP contribution in [-0.2, 0) is 4.79 Å². The first-order valence-electron chi connectivity index (χ1n) is 5.86. The molecule has 0 aliphatic carbocycles. The molecule has 0 unspecified atom stereocenters. The van der Waals surface area contributed by atoms with Crippen LogP contribution in [0.4, 0.5) is 0 Å². The monoisotopic (exact) mass is 338 g/mol. The zero-order valence-electron chi connectivity index (χ0n) is 11.3. The van der Waals surface area contributed by atoms with Crippen LogP contribution in [0, 0.1) is 11.3 Å². The molecular formula is C14H15BrN2O3. The Morgan fingerprint density at radius 3 is 2.80 bits per heavy atom. The van der Waals surface area contributed by atoms with Gasteiger partial charge in [0.1, 0.15) is 24.0 Å². The number of benzene rings is 1. The van der Waals surface area contributed by atoms with E-state index in [0.29, 0.717) is 17.9 Å². The minimum atomic E-state index is -1.26. The highest BCUT2D eigenvalue weighted by Gasteiger charge is 2.09. The van der Waals surface area contributed by atoms with E-state index in [1.165, 1.54) is 6.08 Å². The second-order valence-electron chi connectivity index (χ2n) is 4.31. The van der Waals surface area contributed by atoms with E-state index in [9.17, 15) is 4.79 Å². The number of likely N-dealkylation sites (N-methyl/N-ethyl adjacent to an activating group) is 1. The molecule has 0 fully saturated rings. The van der Waals surface area contributed by atoms with Crippen molar-refractivity contribution in [3.8, 4) is 11.8 Å². The molecule has 0 aromatic heterocycles. The molecule has 0 aliphatic heterocycles. The molecule has 0 atom stereocenters. The third-order valence-corrected chi connectivity index (χ3v) is 2.91. The van der Waals surface area contributed by atoms with E-state index in [1.807, 2.05) is 19.0 Å². The Balaban J connectivity index is 3.02. The standard InChI is InChI=1S/C14H15BrN2O3/c1-17(2)5-6-20-13-4-3-12(15)8-10(13)7-11(9-16)14(18)19/h3-4,7-8H,5-6H2,1-2H3,(H,18,19). The molecule has 0 amide bonds. The predicted octanol–water partition coefficient (Wildman–Crippen LogP) is 2.38. The molecule has 0 radical (unpaired) electrons. The molecule has 0 aliphatic rings. The lowest BCUT2D eigenvalue weighted by molar-refractivity contribution is -0.132. The number of nitriles is 1. The lowest BCUT2D eigenvalue weighted by atomic mass is 10.1. The summed E-state index contributed by atoms with van der Waals surface area (Å²) in [6.07, 6.45) is 1.30. The quantitative estimate of drug-likeness (QED) is 0.636. The van der Waals surface area contributed by atoms with Crippen molar-refractivity contribution in [2.45, 2.75) is 0 Å². The largest absolute Gasteiger partial charge is 0.492 e. The molecule has 0 saturated heterocycles. The minimum absolute atomic E-state index is 0.333. The van der Waals surface area contributed by atoms with Gasteiger partial charge in [0, 0.05) is 16.6 Å². The number of ether oxygens (including phenoxy) is 1. The predicted molar refractivity (Wildman–Crippen MR) is 79.4 cm³/mol. The molecule has 0 saturated carbocycles. The van der Waals surface area contributed by atoms with Gasteiger partial charge in [-0.2, -0.15) is 5.26 Å². The van der Waals surface area contributed by atoms with Crippen molar-refractivity contribution < 1.29 is 14.6 Å². The molecule has 6 heteroatoms. The summed E-state index contributed by atoms with van der Waals surface area (Å²) in [6.45, 7) is 1.22. The number of carbonyl (C=O) groups is 1.